The van der Waals surface area contributed by atoms with Crippen LogP contribution < -0.4 is 4.90 Å². The fourth-order valence-electron chi connectivity index (χ4n) is 2.57. The Morgan fingerprint density at radius 2 is 2.05 bits per heavy atom. The smallest absolute Gasteiger partial charge is 0.303 e. The van der Waals surface area contributed by atoms with Gasteiger partial charge in [0.2, 0.25) is 0 Å². The number of piperidine rings is 1. The lowest BCUT2D eigenvalue weighted by atomic mass is 9.93. The quantitative estimate of drug-likeness (QED) is 0.909. The Kier molecular flexibility index (Phi) is 4.77. The maximum atomic E-state index is 12.5. The molecule has 1 fully saturated rings. The van der Waals surface area contributed by atoms with E-state index in [2.05, 4.69) is 4.98 Å². The van der Waals surface area contributed by atoms with E-state index in [4.69, 9.17) is 5.11 Å². The van der Waals surface area contributed by atoms with Crippen LogP contribution in [0.25, 0.3) is 0 Å². The van der Waals surface area contributed by atoms with Gasteiger partial charge in [-0.2, -0.15) is 0 Å². The van der Waals surface area contributed by atoms with E-state index in [1.165, 1.54) is 0 Å². The van der Waals surface area contributed by atoms with Crippen LogP contribution in [0.2, 0.25) is 0 Å². The molecule has 1 aromatic rings. The molecule has 6 nitrogen and oxygen atoms in total. The molecule has 1 saturated heterocycles. The fourth-order valence-corrected chi connectivity index (χ4v) is 2.57. The Bertz CT molecular complexity index is 523. The number of carboxylic acids is 1. The number of hydrogen-bond acceptors (Lipinski definition) is 4. The average Bonchev–Trinajstić information content (AvgIpc) is 2.47. The number of anilines is 1. The van der Waals surface area contributed by atoms with Crippen molar-refractivity contribution < 1.29 is 14.7 Å². The largest absolute Gasteiger partial charge is 0.481 e. The van der Waals surface area contributed by atoms with Crippen LogP contribution in [-0.4, -0.2) is 54.1 Å². The third kappa shape index (κ3) is 3.93. The van der Waals surface area contributed by atoms with Crippen molar-refractivity contribution in [2.75, 3.05) is 32.1 Å². The van der Waals surface area contributed by atoms with Crippen LogP contribution in [0.4, 0.5) is 5.82 Å². The van der Waals surface area contributed by atoms with Gasteiger partial charge < -0.3 is 14.9 Å². The summed E-state index contributed by atoms with van der Waals surface area (Å²) < 4.78 is 0. The Balaban J connectivity index is 1.98. The van der Waals surface area contributed by atoms with Crippen LogP contribution >= 0.6 is 0 Å². The second-order valence-corrected chi connectivity index (χ2v) is 5.63. The van der Waals surface area contributed by atoms with Crippen molar-refractivity contribution in [2.24, 2.45) is 5.92 Å². The second-order valence-electron chi connectivity index (χ2n) is 5.63. The van der Waals surface area contributed by atoms with Crippen molar-refractivity contribution in [2.45, 2.75) is 19.3 Å². The topological polar surface area (TPSA) is 73.7 Å². The molecule has 0 atom stereocenters. The number of aromatic nitrogens is 1. The summed E-state index contributed by atoms with van der Waals surface area (Å²) in [4.78, 5) is 31.0. The Morgan fingerprint density at radius 3 is 2.62 bits per heavy atom. The number of carbonyl (C=O) groups excluding carboxylic acids is 1. The minimum Gasteiger partial charge on any atom is -0.481 e. The van der Waals surface area contributed by atoms with Crippen molar-refractivity contribution in [1.82, 2.24) is 9.88 Å². The van der Waals surface area contributed by atoms with Gasteiger partial charge in [0.25, 0.3) is 5.91 Å². The summed E-state index contributed by atoms with van der Waals surface area (Å²) in [6, 6.07) is 3.50. The van der Waals surface area contributed by atoms with Gasteiger partial charge in [-0.1, -0.05) is 0 Å². The number of carboxylic acid groups (broad SMARTS) is 1. The average molecular weight is 291 g/mol. The summed E-state index contributed by atoms with van der Waals surface area (Å²) in [5.41, 5.74) is 0.630. The SMILES string of the molecule is CN(C)c1cc(C(=O)N2CCC(CC(=O)O)CC2)ccn1. The highest BCUT2D eigenvalue weighted by atomic mass is 16.4. The van der Waals surface area contributed by atoms with Crippen LogP contribution in [-0.2, 0) is 4.79 Å². The van der Waals surface area contributed by atoms with E-state index in [0.29, 0.717) is 18.7 Å². The monoisotopic (exact) mass is 291 g/mol. The predicted molar refractivity (Wildman–Crippen MR) is 79.4 cm³/mol. The number of pyridine rings is 1. The lowest BCUT2D eigenvalue weighted by Gasteiger charge is -2.31. The molecule has 0 spiro atoms. The number of carbonyl (C=O) groups is 2. The summed E-state index contributed by atoms with van der Waals surface area (Å²) in [7, 11) is 3.77. The molecule has 1 aromatic heterocycles. The summed E-state index contributed by atoms with van der Waals surface area (Å²) in [6.07, 6.45) is 3.34. The van der Waals surface area contributed by atoms with Crippen LogP contribution in [0.5, 0.6) is 0 Å². The molecule has 2 rings (SSSR count). The van der Waals surface area contributed by atoms with Gasteiger partial charge in [-0.05, 0) is 30.9 Å². The predicted octanol–water partition coefficient (Wildman–Crippen LogP) is 1.47. The minimum atomic E-state index is -0.760. The van der Waals surface area contributed by atoms with E-state index in [1.54, 1.807) is 23.2 Å². The molecule has 2 heterocycles. The summed E-state index contributed by atoms with van der Waals surface area (Å²) >= 11 is 0. The minimum absolute atomic E-state index is 0.00530. The Labute approximate surface area is 124 Å². The third-order valence-corrected chi connectivity index (χ3v) is 3.82. The molecule has 0 aromatic carbocycles. The lowest BCUT2D eigenvalue weighted by Crippen LogP contribution is -2.39. The molecule has 0 bridgehead atoms. The highest BCUT2D eigenvalue weighted by Crippen LogP contribution is 2.22. The van der Waals surface area contributed by atoms with Crippen molar-refractivity contribution in [3.8, 4) is 0 Å². The molecule has 1 aliphatic heterocycles. The van der Waals surface area contributed by atoms with Crippen molar-refractivity contribution in [1.29, 1.82) is 0 Å². The normalized spacial score (nSPS) is 15.8. The molecule has 1 N–H and O–H groups in total. The molecule has 21 heavy (non-hydrogen) atoms. The standard InChI is InChI=1S/C15H21N3O3/c1-17(2)13-10-12(3-6-16-13)15(21)18-7-4-11(5-8-18)9-14(19)20/h3,6,10-11H,4-5,7-9H2,1-2H3,(H,19,20). The highest BCUT2D eigenvalue weighted by Gasteiger charge is 2.25. The number of aliphatic carboxylic acids is 1. The molecular weight excluding hydrogens is 270 g/mol. The molecule has 0 radical (unpaired) electrons. The fraction of sp³-hybridized carbons (Fsp3) is 0.533. The van der Waals surface area contributed by atoms with Gasteiger partial charge in [-0.3, -0.25) is 9.59 Å². The first-order chi connectivity index (χ1) is 9.97. The molecule has 0 saturated carbocycles. The van der Waals surface area contributed by atoms with Gasteiger partial charge in [0, 0.05) is 45.4 Å². The summed E-state index contributed by atoms with van der Waals surface area (Å²) in [5.74, 6) is 0.168. The second kappa shape index (κ2) is 6.56. The first kappa shape index (κ1) is 15.3. The lowest BCUT2D eigenvalue weighted by molar-refractivity contribution is -0.138. The first-order valence-electron chi connectivity index (χ1n) is 7.12. The maximum Gasteiger partial charge on any atom is 0.303 e. The number of rotatable bonds is 4. The number of nitrogens with zero attached hydrogens (tertiary/aromatic N) is 3. The molecule has 1 aliphatic rings. The van der Waals surface area contributed by atoms with Gasteiger partial charge >= 0.3 is 5.97 Å². The van der Waals surface area contributed by atoms with Crippen LogP contribution in [0, 0.1) is 5.92 Å². The van der Waals surface area contributed by atoms with E-state index in [0.717, 1.165) is 18.7 Å². The van der Waals surface area contributed by atoms with E-state index in [-0.39, 0.29) is 18.2 Å². The Hall–Kier alpha value is -2.11. The van der Waals surface area contributed by atoms with E-state index >= 15 is 0 Å². The van der Waals surface area contributed by atoms with Gasteiger partial charge in [0.05, 0.1) is 0 Å². The molecule has 6 heteroatoms. The number of likely N-dealkylation sites (tertiary alicyclic amines) is 1. The number of hydrogen-bond donors (Lipinski definition) is 1. The van der Waals surface area contributed by atoms with E-state index in [1.807, 2.05) is 19.0 Å². The number of amides is 1. The van der Waals surface area contributed by atoms with Gasteiger partial charge in [-0.15, -0.1) is 0 Å². The molecule has 0 unspecified atom stereocenters. The van der Waals surface area contributed by atoms with Crippen molar-refractivity contribution in [3.05, 3.63) is 23.9 Å². The van der Waals surface area contributed by atoms with Crippen LogP contribution in [0.15, 0.2) is 18.3 Å². The van der Waals surface area contributed by atoms with Crippen LogP contribution in [0.3, 0.4) is 0 Å². The first-order valence-corrected chi connectivity index (χ1v) is 7.12. The molecule has 1 amide bonds. The molecular formula is C15H21N3O3. The summed E-state index contributed by atoms with van der Waals surface area (Å²) in [5, 5.41) is 8.81. The Morgan fingerprint density at radius 1 is 1.38 bits per heavy atom. The van der Waals surface area contributed by atoms with E-state index < -0.39 is 5.97 Å². The highest BCUT2D eigenvalue weighted by molar-refractivity contribution is 5.94. The van der Waals surface area contributed by atoms with Gasteiger partial charge in [0.15, 0.2) is 0 Å². The maximum absolute atomic E-state index is 12.5. The third-order valence-electron chi connectivity index (χ3n) is 3.82. The zero-order valence-corrected chi connectivity index (χ0v) is 12.5. The zero-order valence-electron chi connectivity index (χ0n) is 12.5. The van der Waals surface area contributed by atoms with Crippen LogP contribution in [0.1, 0.15) is 29.6 Å². The van der Waals surface area contributed by atoms with E-state index in [9.17, 15) is 9.59 Å². The van der Waals surface area contributed by atoms with Crippen molar-refractivity contribution >= 4 is 17.7 Å². The van der Waals surface area contributed by atoms with Gasteiger partial charge in [-0.25, -0.2) is 4.98 Å². The summed E-state index contributed by atoms with van der Waals surface area (Å²) in [6.45, 7) is 1.24. The van der Waals surface area contributed by atoms with Gasteiger partial charge in [0.1, 0.15) is 5.82 Å². The van der Waals surface area contributed by atoms with Crippen molar-refractivity contribution in [3.63, 3.8) is 0 Å². The molecule has 0 aliphatic carbocycles. The molecule has 114 valence electrons. The zero-order chi connectivity index (χ0) is 15.4.